The predicted octanol–water partition coefficient (Wildman–Crippen LogP) is 1.08. The van der Waals surface area contributed by atoms with Gasteiger partial charge >= 0.3 is 0 Å². The second-order valence-electron chi connectivity index (χ2n) is 8.73. The van der Waals surface area contributed by atoms with Crippen LogP contribution in [0.15, 0.2) is 6.07 Å². The molecule has 4 aliphatic rings. The highest BCUT2D eigenvalue weighted by atomic mass is 16.2. The Morgan fingerprint density at radius 1 is 0.793 bits per heavy atom. The zero-order chi connectivity index (χ0) is 19.6. The number of hydrogen-bond acceptors (Lipinski definition) is 7. The first-order chi connectivity index (χ1) is 14.3. The molecule has 5 rings (SSSR count). The minimum Gasteiger partial charge on any atom is -0.356 e. The first-order valence-corrected chi connectivity index (χ1v) is 11.4. The third-order valence-electron chi connectivity index (χ3n) is 6.78. The van der Waals surface area contributed by atoms with E-state index >= 15 is 0 Å². The molecule has 0 radical (unpaired) electrons. The average Bonchev–Trinajstić information content (AvgIpc) is 3.55. The third-order valence-corrected chi connectivity index (χ3v) is 6.78. The van der Waals surface area contributed by atoms with Crippen molar-refractivity contribution in [1.82, 2.24) is 20.2 Å². The molecule has 29 heavy (non-hydrogen) atoms. The number of anilines is 3. The number of rotatable bonds is 4. The van der Waals surface area contributed by atoms with Crippen LogP contribution in [0.1, 0.15) is 38.5 Å². The van der Waals surface area contributed by atoms with Gasteiger partial charge in [0.15, 0.2) is 0 Å². The highest BCUT2D eigenvalue weighted by Crippen LogP contribution is 2.28. The van der Waals surface area contributed by atoms with Gasteiger partial charge in [0.1, 0.15) is 11.6 Å². The summed E-state index contributed by atoms with van der Waals surface area (Å²) in [6.07, 6.45) is 7.02. The van der Waals surface area contributed by atoms with Gasteiger partial charge in [0.05, 0.1) is 6.04 Å². The molecular weight excluding hydrogens is 366 g/mol. The summed E-state index contributed by atoms with van der Waals surface area (Å²) in [6, 6.07) is 2.20. The number of amides is 1. The van der Waals surface area contributed by atoms with Crippen LogP contribution in [0.4, 0.5) is 17.6 Å². The third kappa shape index (κ3) is 3.99. The standard InChI is InChI=1S/C21H33N7O/c29-20(17-6-5-7-22-17)27-14-12-26(13-15-27)19-16-18(25-8-1-2-9-25)23-21(24-19)28-10-3-4-11-28/h16-17,22H,1-15H2. The monoisotopic (exact) mass is 399 g/mol. The molecule has 1 N–H and O–H groups in total. The van der Waals surface area contributed by atoms with Gasteiger partial charge in [-0.3, -0.25) is 4.79 Å². The van der Waals surface area contributed by atoms with Crippen molar-refractivity contribution < 1.29 is 4.79 Å². The summed E-state index contributed by atoms with van der Waals surface area (Å²) in [5, 5.41) is 3.34. The van der Waals surface area contributed by atoms with E-state index in [0.717, 1.165) is 89.3 Å². The van der Waals surface area contributed by atoms with E-state index < -0.39 is 0 Å². The molecule has 1 amide bonds. The lowest BCUT2D eigenvalue weighted by Gasteiger charge is -2.37. The van der Waals surface area contributed by atoms with Gasteiger partial charge in [-0.05, 0) is 45.1 Å². The van der Waals surface area contributed by atoms with Gasteiger partial charge in [0, 0.05) is 58.4 Å². The Morgan fingerprint density at radius 3 is 1.97 bits per heavy atom. The van der Waals surface area contributed by atoms with Crippen molar-refractivity contribution >= 4 is 23.5 Å². The Morgan fingerprint density at radius 2 is 1.38 bits per heavy atom. The second kappa shape index (κ2) is 8.34. The predicted molar refractivity (Wildman–Crippen MR) is 115 cm³/mol. The van der Waals surface area contributed by atoms with Crippen LogP contribution < -0.4 is 20.0 Å². The molecule has 1 unspecified atom stereocenters. The first kappa shape index (κ1) is 18.9. The van der Waals surface area contributed by atoms with Gasteiger partial charge in [-0.15, -0.1) is 0 Å². The lowest BCUT2D eigenvalue weighted by atomic mass is 10.2. The summed E-state index contributed by atoms with van der Waals surface area (Å²) in [5.74, 6) is 3.26. The quantitative estimate of drug-likeness (QED) is 0.812. The minimum atomic E-state index is 0.0316. The van der Waals surface area contributed by atoms with E-state index in [0.29, 0.717) is 0 Å². The Hall–Kier alpha value is -2.09. The topological polar surface area (TPSA) is 67.8 Å². The minimum absolute atomic E-state index is 0.0316. The van der Waals surface area contributed by atoms with Crippen LogP contribution in [0.25, 0.3) is 0 Å². The first-order valence-electron chi connectivity index (χ1n) is 11.4. The van der Waals surface area contributed by atoms with Gasteiger partial charge in [-0.2, -0.15) is 9.97 Å². The molecule has 4 saturated heterocycles. The summed E-state index contributed by atoms with van der Waals surface area (Å²) in [5.41, 5.74) is 0. The molecule has 4 aliphatic heterocycles. The number of aromatic nitrogens is 2. The van der Waals surface area contributed by atoms with Gasteiger partial charge in [-0.25, -0.2) is 0 Å². The van der Waals surface area contributed by atoms with E-state index in [-0.39, 0.29) is 11.9 Å². The Balaban J connectivity index is 1.31. The molecular formula is C21H33N7O. The van der Waals surface area contributed by atoms with Crippen molar-refractivity contribution in [2.45, 2.75) is 44.6 Å². The molecule has 158 valence electrons. The lowest BCUT2D eigenvalue weighted by molar-refractivity contribution is -0.133. The highest BCUT2D eigenvalue weighted by Gasteiger charge is 2.30. The van der Waals surface area contributed by atoms with E-state index in [9.17, 15) is 4.79 Å². The molecule has 0 saturated carbocycles. The molecule has 0 spiro atoms. The number of carbonyl (C=O) groups is 1. The maximum absolute atomic E-state index is 12.7. The SMILES string of the molecule is O=C(C1CCCN1)N1CCN(c2cc(N3CCCC3)nc(N3CCCC3)n2)CC1. The number of carbonyl (C=O) groups excluding carboxylic acids is 1. The van der Waals surface area contributed by atoms with E-state index in [1.807, 2.05) is 4.90 Å². The average molecular weight is 400 g/mol. The fourth-order valence-corrected chi connectivity index (χ4v) is 5.01. The molecule has 1 aromatic rings. The molecule has 1 aromatic heterocycles. The van der Waals surface area contributed by atoms with Crippen molar-refractivity contribution in [2.75, 3.05) is 73.6 Å². The molecule has 0 bridgehead atoms. The number of nitrogens with zero attached hydrogens (tertiary/aromatic N) is 6. The normalized spacial score (nSPS) is 25.3. The molecule has 4 fully saturated rings. The van der Waals surface area contributed by atoms with Crippen LogP contribution in [0, 0.1) is 0 Å². The van der Waals surface area contributed by atoms with E-state index in [4.69, 9.17) is 9.97 Å². The molecule has 0 aromatic carbocycles. The van der Waals surface area contributed by atoms with Crippen molar-refractivity contribution in [2.24, 2.45) is 0 Å². The molecule has 8 heteroatoms. The molecule has 0 aliphatic carbocycles. The molecule has 8 nitrogen and oxygen atoms in total. The van der Waals surface area contributed by atoms with Crippen LogP contribution in [-0.2, 0) is 4.79 Å². The van der Waals surface area contributed by atoms with Crippen LogP contribution in [0.3, 0.4) is 0 Å². The molecule has 1 atom stereocenters. The lowest BCUT2D eigenvalue weighted by Crippen LogP contribution is -2.53. The fourth-order valence-electron chi connectivity index (χ4n) is 5.01. The van der Waals surface area contributed by atoms with Crippen molar-refractivity contribution in [3.05, 3.63) is 6.07 Å². The Labute approximate surface area is 173 Å². The smallest absolute Gasteiger partial charge is 0.239 e. The summed E-state index contributed by atoms with van der Waals surface area (Å²) in [4.78, 5) is 31.7. The summed E-state index contributed by atoms with van der Waals surface area (Å²) >= 11 is 0. The number of hydrogen-bond donors (Lipinski definition) is 1. The zero-order valence-electron chi connectivity index (χ0n) is 17.4. The van der Waals surface area contributed by atoms with Crippen LogP contribution >= 0.6 is 0 Å². The largest absolute Gasteiger partial charge is 0.356 e. The Kier molecular flexibility index (Phi) is 5.44. The van der Waals surface area contributed by atoms with Gasteiger partial charge in [0.25, 0.3) is 0 Å². The van der Waals surface area contributed by atoms with Crippen molar-refractivity contribution in [3.63, 3.8) is 0 Å². The van der Waals surface area contributed by atoms with Gasteiger partial charge in [0.2, 0.25) is 11.9 Å². The van der Waals surface area contributed by atoms with Crippen LogP contribution in [-0.4, -0.2) is 85.7 Å². The summed E-state index contributed by atoms with van der Waals surface area (Å²) in [7, 11) is 0. The van der Waals surface area contributed by atoms with Gasteiger partial charge in [-0.1, -0.05) is 0 Å². The second-order valence-corrected chi connectivity index (χ2v) is 8.73. The summed E-state index contributed by atoms with van der Waals surface area (Å²) < 4.78 is 0. The summed E-state index contributed by atoms with van der Waals surface area (Å²) in [6.45, 7) is 8.50. The Bertz CT molecular complexity index is 681. The van der Waals surface area contributed by atoms with Crippen molar-refractivity contribution in [3.8, 4) is 0 Å². The van der Waals surface area contributed by atoms with Gasteiger partial charge < -0.3 is 24.9 Å². The van der Waals surface area contributed by atoms with Crippen LogP contribution in [0.2, 0.25) is 0 Å². The zero-order valence-corrected chi connectivity index (χ0v) is 17.4. The number of nitrogens with one attached hydrogen (secondary N) is 1. The fraction of sp³-hybridized carbons (Fsp3) is 0.762. The molecule has 5 heterocycles. The van der Waals surface area contributed by atoms with E-state index in [1.165, 1.54) is 25.7 Å². The van der Waals surface area contributed by atoms with E-state index in [1.54, 1.807) is 0 Å². The highest BCUT2D eigenvalue weighted by molar-refractivity contribution is 5.82. The van der Waals surface area contributed by atoms with E-state index in [2.05, 4.69) is 26.1 Å². The maximum Gasteiger partial charge on any atom is 0.239 e. The number of piperazine rings is 1. The van der Waals surface area contributed by atoms with Crippen molar-refractivity contribution in [1.29, 1.82) is 0 Å². The maximum atomic E-state index is 12.7. The van der Waals surface area contributed by atoms with Crippen LogP contribution in [0.5, 0.6) is 0 Å².